The second-order valence-corrected chi connectivity index (χ2v) is 14.1. The van der Waals surface area contributed by atoms with E-state index >= 15 is 0 Å². The quantitative estimate of drug-likeness (QED) is 0.247. The number of carbonyl (C=O) groups excluding carboxylic acids is 1. The molecule has 14 heteroatoms. The number of amides is 1. The van der Waals surface area contributed by atoms with Crippen LogP contribution in [0.2, 0.25) is 0 Å². The number of β-amino-alcohol motifs (C(OH)–C–C–N with tert-alkyl or cyclic N) is 1. The van der Waals surface area contributed by atoms with Crippen LogP contribution in [0.1, 0.15) is 32.0 Å². The second kappa shape index (κ2) is 12.7. The fraction of sp³-hybridized carbons (Fsp3) is 0.382. The maximum atomic E-state index is 13.1. The van der Waals surface area contributed by atoms with Gasteiger partial charge in [0.25, 0.3) is 0 Å². The number of aromatic nitrogens is 4. The Morgan fingerprint density at radius 3 is 2.58 bits per heavy atom. The SMILES string of the molecule is Cc1nn(-c2ccnc(Nc3ccc(-c4csc5c(=O)cc(N6CCN(C(=O)OC(C)(C)C)CC6)oc45)cc3)n2)cc1CN1CC(O)C1. The van der Waals surface area contributed by atoms with Gasteiger partial charge in [-0.1, -0.05) is 12.1 Å². The summed E-state index contributed by atoms with van der Waals surface area (Å²) in [4.78, 5) is 40.5. The number of rotatable bonds is 7. The Labute approximate surface area is 281 Å². The lowest BCUT2D eigenvalue weighted by atomic mass is 10.1. The summed E-state index contributed by atoms with van der Waals surface area (Å²) in [6.45, 7) is 11.6. The molecule has 0 radical (unpaired) electrons. The maximum absolute atomic E-state index is 13.1. The Morgan fingerprint density at radius 2 is 1.88 bits per heavy atom. The van der Waals surface area contributed by atoms with Crippen LogP contribution in [0, 0.1) is 6.92 Å². The van der Waals surface area contributed by atoms with Gasteiger partial charge in [-0.3, -0.25) is 9.69 Å². The summed E-state index contributed by atoms with van der Waals surface area (Å²) in [5, 5.41) is 19.5. The van der Waals surface area contributed by atoms with E-state index in [9.17, 15) is 14.7 Å². The van der Waals surface area contributed by atoms with Crippen LogP contribution in [0.4, 0.5) is 22.3 Å². The highest BCUT2D eigenvalue weighted by atomic mass is 32.1. The number of benzene rings is 1. The molecule has 13 nitrogen and oxygen atoms in total. The van der Waals surface area contributed by atoms with Crippen LogP contribution in [0.25, 0.3) is 27.2 Å². The second-order valence-electron chi connectivity index (χ2n) is 13.2. The third-order valence-corrected chi connectivity index (χ3v) is 9.31. The number of hydrogen-bond donors (Lipinski definition) is 2. The molecule has 2 N–H and O–H groups in total. The molecular formula is C34H38N8O5S. The predicted molar refractivity (Wildman–Crippen MR) is 184 cm³/mol. The summed E-state index contributed by atoms with van der Waals surface area (Å²) in [6.07, 6.45) is 3.09. The van der Waals surface area contributed by atoms with Gasteiger partial charge in [0.05, 0.1) is 11.8 Å². The van der Waals surface area contributed by atoms with E-state index < -0.39 is 5.60 Å². The Morgan fingerprint density at radius 1 is 1.12 bits per heavy atom. The van der Waals surface area contributed by atoms with Crippen molar-refractivity contribution in [2.75, 3.05) is 49.5 Å². The number of piperazine rings is 1. The normalized spacial score (nSPS) is 15.9. The van der Waals surface area contributed by atoms with Crippen LogP contribution in [0.3, 0.4) is 0 Å². The molecular weight excluding hydrogens is 632 g/mol. The van der Waals surface area contributed by atoms with Crippen molar-refractivity contribution >= 4 is 45.2 Å². The van der Waals surface area contributed by atoms with Crippen LogP contribution in [-0.2, 0) is 11.3 Å². The van der Waals surface area contributed by atoms with Crippen LogP contribution in [-0.4, -0.2) is 91.7 Å². The third-order valence-electron chi connectivity index (χ3n) is 8.33. The first-order chi connectivity index (χ1) is 23.0. The molecule has 2 aliphatic heterocycles. The van der Waals surface area contributed by atoms with Crippen molar-refractivity contribution in [3.63, 3.8) is 0 Å². The number of ether oxygens (including phenoxy) is 1. The summed E-state index contributed by atoms with van der Waals surface area (Å²) >= 11 is 1.37. The van der Waals surface area contributed by atoms with Gasteiger partial charge in [-0.2, -0.15) is 10.1 Å². The number of nitrogens with one attached hydrogen (secondary N) is 1. The van der Waals surface area contributed by atoms with Crippen LogP contribution in [0.5, 0.6) is 0 Å². The molecule has 250 valence electrons. The molecule has 6 heterocycles. The smallest absolute Gasteiger partial charge is 0.410 e. The monoisotopic (exact) mass is 670 g/mol. The molecule has 0 bridgehead atoms. The average molecular weight is 671 g/mol. The maximum Gasteiger partial charge on any atom is 0.410 e. The number of carbonyl (C=O) groups is 1. The van der Waals surface area contributed by atoms with Gasteiger partial charge in [0, 0.05) is 92.5 Å². The van der Waals surface area contributed by atoms with Crippen LogP contribution in [0.15, 0.2) is 63.4 Å². The van der Waals surface area contributed by atoms with Crippen molar-refractivity contribution in [2.24, 2.45) is 0 Å². The first-order valence-corrected chi connectivity index (χ1v) is 16.8. The van der Waals surface area contributed by atoms with Crippen molar-refractivity contribution in [1.82, 2.24) is 29.5 Å². The van der Waals surface area contributed by atoms with Gasteiger partial charge in [-0.05, 0) is 45.4 Å². The van der Waals surface area contributed by atoms with E-state index in [2.05, 4.69) is 25.3 Å². The van der Waals surface area contributed by atoms with Gasteiger partial charge in [0.1, 0.15) is 10.3 Å². The molecule has 2 saturated heterocycles. The highest BCUT2D eigenvalue weighted by Gasteiger charge is 2.28. The minimum atomic E-state index is -0.556. The van der Waals surface area contributed by atoms with Gasteiger partial charge in [-0.15, -0.1) is 11.3 Å². The minimum absolute atomic E-state index is 0.0915. The van der Waals surface area contributed by atoms with E-state index in [1.54, 1.807) is 15.8 Å². The summed E-state index contributed by atoms with van der Waals surface area (Å²) in [7, 11) is 0. The Balaban J connectivity index is 1.04. The van der Waals surface area contributed by atoms with Crippen molar-refractivity contribution in [2.45, 2.75) is 45.9 Å². The predicted octanol–water partition coefficient (Wildman–Crippen LogP) is 4.78. The highest BCUT2D eigenvalue weighted by molar-refractivity contribution is 7.17. The van der Waals surface area contributed by atoms with Crippen molar-refractivity contribution in [1.29, 1.82) is 0 Å². The molecule has 5 aromatic rings. The third kappa shape index (κ3) is 6.77. The fourth-order valence-corrected chi connectivity index (χ4v) is 6.71. The lowest BCUT2D eigenvalue weighted by molar-refractivity contribution is -0.00298. The van der Waals surface area contributed by atoms with Gasteiger partial charge in [0.15, 0.2) is 17.3 Å². The van der Waals surface area contributed by atoms with E-state index in [0.717, 1.165) is 34.6 Å². The molecule has 2 aliphatic rings. The zero-order valence-electron chi connectivity index (χ0n) is 27.3. The van der Waals surface area contributed by atoms with Crippen molar-refractivity contribution in [3.8, 4) is 16.9 Å². The Kier molecular flexibility index (Phi) is 8.39. The molecule has 0 atom stereocenters. The minimum Gasteiger partial charge on any atom is -0.444 e. The lowest BCUT2D eigenvalue weighted by Crippen LogP contribution is -2.50. The topological polar surface area (TPSA) is 142 Å². The largest absolute Gasteiger partial charge is 0.444 e. The molecule has 0 aliphatic carbocycles. The molecule has 0 spiro atoms. The molecule has 1 aromatic carbocycles. The molecule has 4 aromatic heterocycles. The molecule has 48 heavy (non-hydrogen) atoms. The number of nitrogens with zero attached hydrogens (tertiary/aromatic N) is 7. The molecule has 7 rings (SSSR count). The van der Waals surface area contributed by atoms with Crippen molar-refractivity contribution in [3.05, 3.63) is 75.7 Å². The number of aryl methyl sites for hydroxylation is 1. The number of aliphatic hydroxyl groups excluding tert-OH is 1. The molecule has 0 saturated carbocycles. The standard InChI is InChI=1S/C34H38N8O5S/c1-21-23(16-39-18-25(43)19-39)17-42(38-21)28-9-10-35-32(37-28)36-24-7-5-22(6-8-24)26-20-48-31-27(44)15-29(46-30(26)31)40-11-13-41(14-12-40)33(45)47-34(2,3)4/h5-10,15,17,20,25,43H,11-14,16,18-19H2,1-4H3,(H,35,36,37). The zero-order chi connectivity index (χ0) is 33.6. The summed E-state index contributed by atoms with van der Waals surface area (Å²) < 4.78 is 14.2. The van der Waals surface area contributed by atoms with E-state index in [0.29, 0.717) is 67.2 Å². The average Bonchev–Trinajstić information content (AvgIpc) is 3.64. The number of hydrogen-bond acceptors (Lipinski definition) is 12. The number of thiophene rings is 1. The van der Waals surface area contributed by atoms with Gasteiger partial charge >= 0.3 is 6.09 Å². The zero-order valence-corrected chi connectivity index (χ0v) is 28.2. The molecule has 1 amide bonds. The molecule has 0 unspecified atom stereocenters. The van der Waals surface area contributed by atoms with Crippen LogP contribution < -0.4 is 15.6 Å². The van der Waals surface area contributed by atoms with E-state index in [1.165, 1.54) is 17.4 Å². The number of fused-ring (bicyclic) bond motifs is 1. The summed E-state index contributed by atoms with van der Waals surface area (Å²) in [5.41, 5.74) is 4.46. The Bertz CT molecular complexity index is 2000. The van der Waals surface area contributed by atoms with Gasteiger partial charge in [-0.25, -0.2) is 14.5 Å². The van der Waals surface area contributed by atoms with E-state index in [-0.39, 0.29) is 17.6 Å². The number of aliphatic hydroxyl groups is 1. The van der Waals surface area contributed by atoms with Crippen LogP contribution >= 0.6 is 11.3 Å². The first-order valence-electron chi connectivity index (χ1n) is 15.9. The number of likely N-dealkylation sites (tertiary alicyclic amines) is 1. The van der Waals surface area contributed by atoms with Gasteiger partial charge in [0.2, 0.25) is 11.4 Å². The fourth-order valence-electron chi connectivity index (χ4n) is 5.80. The first kappa shape index (κ1) is 31.8. The van der Waals surface area contributed by atoms with Gasteiger partial charge < -0.3 is 29.4 Å². The van der Waals surface area contributed by atoms with E-state index in [4.69, 9.17) is 9.15 Å². The number of anilines is 3. The molecule has 2 fully saturated rings. The van der Waals surface area contributed by atoms with E-state index in [1.807, 2.05) is 74.5 Å². The lowest BCUT2D eigenvalue weighted by Gasteiger charge is -2.35. The highest BCUT2D eigenvalue weighted by Crippen LogP contribution is 2.35. The summed E-state index contributed by atoms with van der Waals surface area (Å²) in [6, 6.07) is 11.2. The Hall–Kier alpha value is -4.79. The summed E-state index contributed by atoms with van der Waals surface area (Å²) in [5.74, 6) is 1.57. The van der Waals surface area contributed by atoms with Crippen molar-refractivity contribution < 1.29 is 19.1 Å².